The highest BCUT2D eigenvalue weighted by atomic mass is 35.5. The molecule has 0 aromatic heterocycles. The van der Waals surface area contributed by atoms with Crippen LogP contribution in [0.3, 0.4) is 0 Å². The van der Waals surface area contributed by atoms with Crippen LogP contribution in [0.1, 0.15) is 30.1 Å². The molecule has 0 aliphatic heterocycles. The quantitative estimate of drug-likeness (QED) is 0.853. The minimum absolute atomic E-state index is 0.0240. The van der Waals surface area contributed by atoms with E-state index >= 15 is 0 Å². The molecule has 17 heavy (non-hydrogen) atoms. The summed E-state index contributed by atoms with van der Waals surface area (Å²) in [5.41, 5.74) is -0.148. The number of amides is 1. The van der Waals surface area contributed by atoms with E-state index in [1.54, 1.807) is 0 Å². The first-order valence-electron chi connectivity index (χ1n) is 5.45. The van der Waals surface area contributed by atoms with E-state index in [1.807, 2.05) is 6.92 Å². The van der Waals surface area contributed by atoms with E-state index in [2.05, 4.69) is 5.32 Å². The normalized spacial score (nSPS) is 12.2. The lowest BCUT2D eigenvalue weighted by Gasteiger charge is -2.16. The van der Waals surface area contributed by atoms with Crippen LogP contribution >= 0.6 is 11.6 Å². The Labute approximate surface area is 105 Å². The highest BCUT2D eigenvalue weighted by molar-refractivity contribution is 6.33. The fourth-order valence-corrected chi connectivity index (χ4v) is 1.76. The Balaban J connectivity index is 2.82. The number of carbonyl (C=O) groups is 1. The molecule has 0 saturated heterocycles. The molecule has 94 valence electrons. The van der Waals surface area contributed by atoms with Crippen LogP contribution in [0.5, 0.6) is 0 Å². The average Bonchev–Trinajstić information content (AvgIpc) is 2.28. The van der Waals surface area contributed by atoms with Gasteiger partial charge in [-0.1, -0.05) is 24.6 Å². The van der Waals surface area contributed by atoms with E-state index in [-0.39, 0.29) is 23.2 Å². The summed E-state index contributed by atoms with van der Waals surface area (Å²) < 4.78 is 13.4. The fraction of sp³-hybridized carbons (Fsp3) is 0.417. The number of carbonyl (C=O) groups excluding carboxylic acids is 1. The molecule has 5 heteroatoms. The SMILES string of the molecule is CCC(CCO)NC(=O)c1c(F)cccc1Cl. The molecule has 0 heterocycles. The van der Waals surface area contributed by atoms with Crippen LogP contribution in [0.2, 0.25) is 5.02 Å². The molecule has 0 fully saturated rings. The lowest BCUT2D eigenvalue weighted by atomic mass is 10.1. The largest absolute Gasteiger partial charge is 0.396 e. The molecule has 1 amide bonds. The topological polar surface area (TPSA) is 49.3 Å². The number of aliphatic hydroxyl groups excluding tert-OH is 1. The third-order valence-electron chi connectivity index (χ3n) is 2.50. The number of halogens is 2. The first kappa shape index (κ1) is 13.9. The predicted octanol–water partition coefficient (Wildman–Crippen LogP) is 2.37. The van der Waals surface area contributed by atoms with Gasteiger partial charge in [-0.15, -0.1) is 0 Å². The molecule has 0 bridgehead atoms. The summed E-state index contributed by atoms with van der Waals surface area (Å²) >= 11 is 5.78. The monoisotopic (exact) mass is 259 g/mol. The van der Waals surface area contributed by atoms with Crippen LogP contribution in [0, 0.1) is 5.82 Å². The van der Waals surface area contributed by atoms with Gasteiger partial charge in [0.2, 0.25) is 0 Å². The van der Waals surface area contributed by atoms with E-state index in [9.17, 15) is 9.18 Å². The third-order valence-corrected chi connectivity index (χ3v) is 2.81. The number of hydrogen-bond acceptors (Lipinski definition) is 2. The van der Waals surface area contributed by atoms with Crippen molar-refractivity contribution in [2.45, 2.75) is 25.8 Å². The van der Waals surface area contributed by atoms with E-state index in [0.717, 1.165) is 0 Å². The Morgan fingerprint density at radius 3 is 2.82 bits per heavy atom. The first-order chi connectivity index (χ1) is 8.10. The minimum Gasteiger partial charge on any atom is -0.396 e. The van der Waals surface area contributed by atoms with Crippen molar-refractivity contribution >= 4 is 17.5 Å². The summed E-state index contributed by atoms with van der Waals surface area (Å²) in [6, 6.07) is 3.92. The van der Waals surface area contributed by atoms with Crippen molar-refractivity contribution in [2.75, 3.05) is 6.61 Å². The molecule has 1 atom stereocenters. The third kappa shape index (κ3) is 3.68. The van der Waals surface area contributed by atoms with Gasteiger partial charge in [0.1, 0.15) is 5.82 Å². The van der Waals surface area contributed by atoms with Gasteiger partial charge in [-0.05, 0) is 25.0 Å². The Hall–Kier alpha value is -1.13. The second-order valence-electron chi connectivity index (χ2n) is 3.69. The average molecular weight is 260 g/mol. The zero-order chi connectivity index (χ0) is 12.8. The van der Waals surface area contributed by atoms with Crippen LogP contribution in [0.15, 0.2) is 18.2 Å². The zero-order valence-electron chi connectivity index (χ0n) is 9.54. The maximum absolute atomic E-state index is 13.4. The van der Waals surface area contributed by atoms with Crippen molar-refractivity contribution < 1.29 is 14.3 Å². The molecule has 1 rings (SSSR count). The predicted molar refractivity (Wildman–Crippen MR) is 64.7 cm³/mol. The smallest absolute Gasteiger partial charge is 0.255 e. The molecule has 0 aliphatic rings. The van der Waals surface area contributed by atoms with E-state index in [0.29, 0.717) is 12.8 Å². The van der Waals surface area contributed by atoms with Gasteiger partial charge in [-0.3, -0.25) is 4.79 Å². The summed E-state index contributed by atoms with van der Waals surface area (Å²) in [4.78, 5) is 11.8. The Morgan fingerprint density at radius 2 is 2.29 bits per heavy atom. The number of nitrogens with one attached hydrogen (secondary N) is 1. The second kappa shape index (κ2) is 6.57. The molecule has 0 aliphatic carbocycles. The van der Waals surface area contributed by atoms with Crippen molar-refractivity contribution in [3.8, 4) is 0 Å². The lowest BCUT2D eigenvalue weighted by molar-refractivity contribution is 0.0925. The zero-order valence-corrected chi connectivity index (χ0v) is 10.3. The number of hydrogen-bond donors (Lipinski definition) is 2. The van der Waals surface area contributed by atoms with E-state index in [4.69, 9.17) is 16.7 Å². The van der Waals surface area contributed by atoms with Crippen LogP contribution < -0.4 is 5.32 Å². The number of benzene rings is 1. The maximum atomic E-state index is 13.4. The molecule has 1 aromatic carbocycles. The highest BCUT2D eigenvalue weighted by Crippen LogP contribution is 2.19. The summed E-state index contributed by atoms with van der Waals surface area (Å²) in [5.74, 6) is -1.19. The second-order valence-corrected chi connectivity index (χ2v) is 4.09. The van der Waals surface area contributed by atoms with Gasteiger partial charge in [0.25, 0.3) is 5.91 Å². The van der Waals surface area contributed by atoms with Crippen LogP contribution in [0.4, 0.5) is 4.39 Å². The minimum atomic E-state index is -0.645. The summed E-state index contributed by atoms with van der Waals surface area (Å²) in [6.07, 6.45) is 1.10. The molecule has 1 unspecified atom stereocenters. The Kier molecular flexibility index (Phi) is 5.38. The molecule has 3 nitrogen and oxygen atoms in total. The van der Waals surface area contributed by atoms with E-state index in [1.165, 1.54) is 18.2 Å². The molecular weight excluding hydrogens is 245 g/mol. The molecule has 0 saturated carbocycles. The lowest BCUT2D eigenvalue weighted by Crippen LogP contribution is -2.35. The van der Waals surface area contributed by atoms with Crippen molar-refractivity contribution in [2.24, 2.45) is 0 Å². The van der Waals surface area contributed by atoms with Gasteiger partial charge in [0, 0.05) is 12.6 Å². The van der Waals surface area contributed by atoms with Gasteiger partial charge in [0.05, 0.1) is 10.6 Å². The van der Waals surface area contributed by atoms with Crippen molar-refractivity contribution in [1.82, 2.24) is 5.32 Å². The van der Waals surface area contributed by atoms with Crippen molar-refractivity contribution in [3.05, 3.63) is 34.6 Å². The first-order valence-corrected chi connectivity index (χ1v) is 5.83. The van der Waals surface area contributed by atoms with Crippen molar-refractivity contribution in [1.29, 1.82) is 0 Å². The standard InChI is InChI=1S/C12H15ClFNO2/c1-2-8(6-7-16)15-12(17)11-9(13)4-3-5-10(11)14/h3-5,8,16H,2,6-7H2,1H3,(H,15,17). The highest BCUT2D eigenvalue weighted by Gasteiger charge is 2.18. The summed E-state index contributed by atoms with van der Waals surface area (Å²) in [7, 11) is 0. The van der Waals surface area contributed by atoms with Crippen molar-refractivity contribution in [3.63, 3.8) is 0 Å². The van der Waals surface area contributed by atoms with Crippen LogP contribution in [-0.2, 0) is 0 Å². The van der Waals surface area contributed by atoms with Crippen LogP contribution in [0.25, 0.3) is 0 Å². The van der Waals surface area contributed by atoms with Gasteiger partial charge in [-0.25, -0.2) is 4.39 Å². The van der Waals surface area contributed by atoms with Gasteiger partial charge in [0.15, 0.2) is 0 Å². The van der Waals surface area contributed by atoms with Gasteiger partial charge < -0.3 is 10.4 Å². The molecule has 2 N–H and O–H groups in total. The Bertz CT molecular complexity index is 378. The van der Waals surface area contributed by atoms with Gasteiger partial charge >= 0.3 is 0 Å². The van der Waals surface area contributed by atoms with E-state index < -0.39 is 11.7 Å². The molecule has 0 spiro atoms. The fourth-order valence-electron chi connectivity index (χ4n) is 1.51. The van der Waals surface area contributed by atoms with Gasteiger partial charge in [-0.2, -0.15) is 0 Å². The van der Waals surface area contributed by atoms with Crippen LogP contribution in [-0.4, -0.2) is 23.7 Å². The molecule has 0 radical (unpaired) electrons. The maximum Gasteiger partial charge on any atom is 0.255 e. The Morgan fingerprint density at radius 1 is 1.59 bits per heavy atom. The molecule has 1 aromatic rings. The molecular formula is C12H15ClFNO2. The number of aliphatic hydroxyl groups is 1. The number of rotatable bonds is 5. The summed E-state index contributed by atoms with van der Waals surface area (Å²) in [6.45, 7) is 1.85. The summed E-state index contributed by atoms with van der Waals surface area (Å²) in [5, 5.41) is 11.5.